The molecule has 3 nitrogen and oxygen atoms in total. The molecular weight excluding hydrogens is 273 g/mol. The molecule has 2 aromatic carbocycles. The summed E-state index contributed by atoms with van der Waals surface area (Å²) in [5.74, 6) is 0.0444. The van der Waals surface area contributed by atoms with Crippen LogP contribution >= 0.6 is 23.2 Å². The minimum absolute atomic E-state index is 0.0787. The van der Waals surface area contributed by atoms with Gasteiger partial charge in [-0.1, -0.05) is 29.3 Å². The lowest BCUT2D eigenvalue weighted by atomic mass is 10.2. The quantitative estimate of drug-likeness (QED) is 0.813. The number of nitrogens with zero attached hydrogens (tertiary/aromatic N) is 1. The van der Waals surface area contributed by atoms with E-state index in [1.165, 1.54) is 18.3 Å². The van der Waals surface area contributed by atoms with E-state index in [0.717, 1.165) is 0 Å². The summed E-state index contributed by atoms with van der Waals surface area (Å²) >= 11 is 11.6. The molecule has 0 saturated carbocycles. The number of rotatable bonds is 2. The van der Waals surface area contributed by atoms with Crippen LogP contribution < -0.4 is 0 Å². The van der Waals surface area contributed by atoms with Gasteiger partial charge in [-0.05, 0) is 24.3 Å². The second-order valence-electron chi connectivity index (χ2n) is 3.60. The fraction of sp³-hybridized carbons (Fsp3) is 0. The van der Waals surface area contributed by atoms with Crippen LogP contribution in [-0.2, 0) is 0 Å². The summed E-state index contributed by atoms with van der Waals surface area (Å²) in [5.41, 5.74) is 0.973. The highest BCUT2D eigenvalue weighted by Gasteiger charge is 2.05. The number of phenolic OH excluding ortho intramolecular Hbond substituents is 2. The van der Waals surface area contributed by atoms with Crippen molar-refractivity contribution >= 4 is 35.1 Å². The van der Waals surface area contributed by atoms with Crippen molar-refractivity contribution in [2.75, 3.05) is 0 Å². The first-order valence-corrected chi connectivity index (χ1v) is 5.83. The topological polar surface area (TPSA) is 52.8 Å². The fourth-order valence-corrected chi connectivity index (χ4v) is 1.91. The van der Waals surface area contributed by atoms with Crippen molar-refractivity contribution < 1.29 is 10.2 Å². The van der Waals surface area contributed by atoms with E-state index in [2.05, 4.69) is 4.99 Å². The van der Waals surface area contributed by atoms with Gasteiger partial charge in [-0.15, -0.1) is 0 Å². The summed E-state index contributed by atoms with van der Waals surface area (Å²) in [6.07, 6.45) is 1.43. The van der Waals surface area contributed by atoms with Crippen LogP contribution in [0.2, 0.25) is 10.0 Å². The molecule has 0 fully saturated rings. The van der Waals surface area contributed by atoms with Gasteiger partial charge in [0.05, 0.1) is 10.7 Å². The maximum atomic E-state index is 9.72. The highest BCUT2D eigenvalue weighted by atomic mass is 35.5. The molecule has 0 aliphatic carbocycles. The molecular formula is C13H9Cl2NO2. The van der Waals surface area contributed by atoms with Gasteiger partial charge >= 0.3 is 0 Å². The summed E-state index contributed by atoms with van der Waals surface area (Å²) in [5, 5.41) is 19.6. The van der Waals surface area contributed by atoms with E-state index in [1.807, 2.05) is 0 Å². The van der Waals surface area contributed by atoms with Crippen molar-refractivity contribution in [2.45, 2.75) is 0 Å². The van der Waals surface area contributed by atoms with Crippen molar-refractivity contribution in [3.8, 4) is 11.5 Å². The fourth-order valence-electron chi connectivity index (χ4n) is 1.40. The number of aromatic hydroxyl groups is 2. The van der Waals surface area contributed by atoms with Gasteiger partial charge in [-0.3, -0.25) is 4.99 Å². The van der Waals surface area contributed by atoms with Crippen LogP contribution in [0, 0.1) is 0 Å². The van der Waals surface area contributed by atoms with Crippen molar-refractivity contribution in [1.82, 2.24) is 0 Å². The Morgan fingerprint density at radius 2 is 1.83 bits per heavy atom. The van der Waals surface area contributed by atoms with Crippen LogP contribution in [0.15, 0.2) is 41.4 Å². The molecule has 5 heteroatoms. The van der Waals surface area contributed by atoms with Gasteiger partial charge in [0.25, 0.3) is 0 Å². The molecule has 0 heterocycles. The Labute approximate surface area is 114 Å². The third-order valence-electron chi connectivity index (χ3n) is 2.24. The van der Waals surface area contributed by atoms with E-state index >= 15 is 0 Å². The lowest BCUT2D eigenvalue weighted by molar-refractivity contribution is 0.474. The summed E-state index contributed by atoms with van der Waals surface area (Å²) in [7, 11) is 0. The standard InChI is InChI=1S/C13H9Cl2NO2/c14-9-4-8(13(18)12(15)5-9)7-16-10-2-1-3-11(17)6-10/h1-7,17-18H. The third-order valence-corrected chi connectivity index (χ3v) is 2.75. The molecule has 18 heavy (non-hydrogen) atoms. The van der Waals surface area contributed by atoms with Gasteiger partial charge in [0.1, 0.15) is 11.5 Å². The van der Waals surface area contributed by atoms with E-state index in [9.17, 15) is 10.2 Å². The number of hydrogen-bond acceptors (Lipinski definition) is 3. The van der Waals surface area contributed by atoms with Gasteiger partial charge in [-0.2, -0.15) is 0 Å². The monoisotopic (exact) mass is 281 g/mol. The average molecular weight is 282 g/mol. The molecule has 0 aliphatic heterocycles. The molecule has 0 bridgehead atoms. The Bertz CT molecular complexity index is 612. The Morgan fingerprint density at radius 3 is 2.56 bits per heavy atom. The molecule has 0 spiro atoms. The Balaban J connectivity index is 2.34. The number of benzene rings is 2. The van der Waals surface area contributed by atoms with Crippen LogP contribution in [-0.4, -0.2) is 16.4 Å². The molecule has 0 aliphatic rings. The summed E-state index contributed by atoms with van der Waals surface area (Å²) in [6, 6.07) is 9.44. The first kappa shape index (κ1) is 12.7. The average Bonchev–Trinajstić information content (AvgIpc) is 2.32. The lowest BCUT2D eigenvalue weighted by Gasteiger charge is -2.02. The van der Waals surface area contributed by atoms with Gasteiger partial charge in [0, 0.05) is 22.9 Å². The number of halogens is 2. The molecule has 2 aromatic rings. The predicted octanol–water partition coefficient (Wildman–Crippen LogP) is 4.16. The second-order valence-corrected chi connectivity index (χ2v) is 4.45. The maximum Gasteiger partial charge on any atom is 0.143 e. The van der Waals surface area contributed by atoms with Gasteiger partial charge < -0.3 is 10.2 Å². The zero-order chi connectivity index (χ0) is 13.1. The molecule has 0 unspecified atom stereocenters. The van der Waals surface area contributed by atoms with Crippen molar-refractivity contribution in [1.29, 1.82) is 0 Å². The minimum atomic E-state index is -0.0787. The SMILES string of the molecule is Oc1cccc(N=Cc2cc(Cl)cc(Cl)c2O)c1. The summed E-state index contributed by atoms with van der Waals surface area (Å²) in [6.45, 7) is 0. The van der Waals surface area contributed by atoms with Crippen LogP contribution in [0.1, 0.15) is 5.56 Å². The van der Waals surface area contributed by atoms with Crippen LogP contribution in [0.5, 0.6) is 11.5 Å². The maximum absolute atomic E-state index is 9.72. The smallest absolute Gasteiger partial charge is 0.143 e. The van der Waals surface area contributed by atoms with E-state index in [-0.39, 0.29) is 16.5 Å². The highest BCUT2D eigenvalue weighted by molar-refractivity contribution is 6.36. The predicted molar refractivity (Wildman–Crippen MR) is 73.5 cm³/mol. The Morgan fingerprint density at radius 1 is 1.06 bits per heavy atom. The molecule has 0 atom stereocenters. The zero-order valence-electron chi connectivity index (χ0n) is 9.14. The van der Waals surface area contributed by atoms with E-state index in [1.54, 1.807) is 24.3 Å². The molecule has 2 rings (SSSR count). The van der Waals surface area contributed by atoms with Crippen molar-refractivity contribution in [3.05, 3.63) is 52.0 Å². The van der Waals surface area contributed by atoms with Gasteiger partial charge in [-0.25, -0.2) is 0 Å². The molecule has 0 aromatic heterocycles. The zero-order valence-corrected chi connectivity index (χ0v) is 10.7. The molecule has 92 valence electrons. The van der Waals surface area contributed by atoms with Crippen LogP contribution in [0.3, 0.4) is 0 Å². The summed E-state index contributed by atoms with van der Waals surface area (Å²) in [4.78, 5) is 4.12. The minimum Gasteiger partial charge on any atom is -0.508 e. The van der Waals surface area contributed by atoms with Gasteiger partial charge in [0.15, 0.2) is 0 Å². The Kier molecular flexibility index (Phi) is 3.75. The van der Waals surface area contributed by atoms with Gasteiger partial charge in [0.2, 0.25) is 0 Å². The van der Waals surface area contributed by atoms with E-state index < -0.39 is 0 Å². The van der Waals surface area contributed by atoms with Crippen LogP contribution in [0.25, 0.3) is 0 Å². The van der Waals surface area contributed by atoms with E-state index in [0.29, 0.717) is 16.3 Å². The number of phenols is 2. The third kappa shape index (κ3) is 2.94. The summed E-state index contributed by atoms with van der Waals surface area (Å²) < 4.78 is 0. The molecule has 2 N–H and O–H groups in total. The largest absolute Gasteiger partial charge is 0.508 e. The normalized spacial score (nSPS) is 11.0. The Hall–Kier alpha value is -1.71. The van der Waals surface area contributed by atoms with Crippen molar-refractivity contribution in [2.24, 2.45) is 4.99 Å². The first-order valence-electron chi connectivity index (χ1n) is 5.07. The molecule has 0 amide bonds. The second kappa shape index (κ2) is 5.29. The van der Waals surface area contributed by atoms with E-state index in [4.69, 9.17) is 23.2 Å². The lowest BCUT2D eigenvalue weighted by Crippen LogP contribution is -1.83. The van der Waals surface area contributed by atoms with Crippen molar-refractivity contribution in [3.63, 3.8) is 0 Å². The highest BCUT2D eigenvalue weighted by Crippen LogP contribution is 2.30. The molecule has 0 saturated heterocycles. The number of aliphatic imine (C=N–C) groups is 1. The molecule has 0 radical (unpaired) electrons. The number of hydrogen-bond donors (Lipinski definition) is 2. The van der Waals surface area contributed by atoms with Crippen LogP contribution in [0.4, 0.5) is 5.69 Å². The first-order chi connectivity index (χ1) is 8.56.